The summed E-state index contributed by atoms with van der Waals surface area (Å²) in [5.74, 6) is 0. The molecule has 39 valence electrons. The van der Waals surface area contributed by atoms with Gasteiger partial charge in [0.15, 0.2) is 0 Å². The molecule has 0 nitrogen and oxygen atoms in total. The van der Waals surface area contributed by atoms with Gasteiger partial charge in [0, 0.05) is 20.4 Å². The summed E-state index contributed by atoms with van der Waals surface area (Å²) in [6, 6.07) is 0. The van der Waals surface area contributed by atoms with Crippen molar-refractivity contribution in [2.75, 3.05) is 0 Å². The van der Waals surface area contributed by atoms with Crippen LogP contribution in [0.1, 0.15) is 0 Å². The van der Waals surface area contributed by atoms with Crippen molar-refractivity contribution >= 4 is 29.7 Å². The van der Waals surface area contributed by atoms with Crippen LogP contribution < -0.4 is 0 Å². The van der Waals surface area contributed by atoms with Crippen LogP contribution in [-0.4, -0.2) is 0 Å². The fourth-order valence-electron chi connectivity index (χ4n) is 0. The molecule has 0 fully saturated rings. The van der Waals surface area contributed by atoms with E-state index in [1.54, 1.807) is 0 Å². The van der Waals surface area contributed by atoms with E-state index in [9.17, 15) is 0 Å². The van der Waals surface area contributed by atoms with Crippen molar-refractivity contribution in [3.8, 4) is 0 Å². The molecule has 0 unspecified atom stereocenters. The van der Waals surface area contributed by atoms with E-state index in [4.69, 9.17) is 0 Å². The van der Waals surface area contributed by atoms with Crippen LogP contribution in [0.4, 0.5) is 0 Å². The zero-order valence-electron chi connectivity index (χ0n) is 2.04. The van der Waals surface area contributed by atoms with Crippen LogP contribution in [0, 0.1) is 0 Å². The third-order valence-corrected chi connectivity index (χ3v) is 0. The molecule has 0 heterocycles. The van der Waals surface area contributed by atoms with Crippen LogP contribution in [-0.2, 0) is 36.9 Å². The van der Waals surface area contributed by atoms with Gasteiger partial charge in [0.25, 0.3) is 0 Å². The van der Waals surface area contributed by atoms with E-state index in [1.807, 2.05) is 0 Å². The molecule has 0 spiro atoms. The molecule has 0 N–H and O–H groups in total. The van der Waals surface area contributed by atoms with E-state index in [1.165, 1.54) is 0 Å². The second-order valence-electron chi connectivity index (χ2n) is 0. The Hall–Kier alpha value is 2.45. The topological polar surface area (TPSA) is 0 Å². The molecule has 0 aliphatic rings. The summed E-state index contributed by atoms with van der Waals surface area (Å²) in [4.78, 5) is 0. The Morgan fingerprint density at radius 2 is 0.600 bits per heavy atom. The second kappa shape index (κ2) is 32.0. The van der Waals surface area contributed by atoms with E-state index in [-0.39, 0.29) is 66.6 Å². The van der Waals surface area contributed by atoms with Crippen molar-refractivity contribution < 1.29 is 36.9 Å². The first-order valence-corrected chi connectivity index (χ1v) is 0. The number of hydrogen-bond donors (Lipinski definition) is 0. The van der Waals surface area contributed by atoms with E-state index < -0.39 is 0 Å². The molecule has 1 radical (unpaired) electrons. The summed E-state index contributed by atoms with van der Waals surface area (Å²) in [6.07, 6.45) is 0. The Morgan fingerprint density at radius 1 is 0.600 bits per heavy atom. The molecular weight excluding hydrogens is 338 g/mol. The molecule has 0 saturated heterocycles. The molecule has 0 aliphatic heterocycles. The molecule has 0 aromatic heterocycles. The molecule has 0 amide bonds. The first-order valence-electron chi connectivity index (χ1n) is 0. The van der Waals surface area contributed by atoms with E-state index in [0.29, 0.717) is 0 Å². The van der Waals surface area contributed by atoms with Crippen molar-refractivity contribution in [1.29, 1.82) is 0 Å². The Bertz CT molecular complexity index is 6.85. The van der Waals surface area contributed by atoms with Crippen molar-refractivity contribution in [3.05, 3.63) is 0 Å². The average molecular weight is 338 g/mol. The van der Waals surface area contributed by atoms with Gasteiger partial charge in [-0.15, -0.1) is 0 Å². The minimum Gasteiger partial charge on any atom is -3.00 e. The maximum atomic E-state index is 0. The minimum atomic E-state index is 0. The van der Waals surface area contributed by atoms with E-state index in [2.05, 4.69) is 0 Å². The van der Waals surface area contributed by atoms with Gasteiger partial charge in [0.05, 0.1) is 0 Å². The summed E-state index contributed by atoms with van der Waals surface area (Å²) in [5.41, 5.74) is 0. The maximum Gasteiger partial charge on any atom is 2.00 e. The second-order valence-corrected chi connectivity index (χ2v) is 0. The summed E-state index contributed by atoms with van der Waals surface area (Å²) < 4.78 is 0. The Morgan fingerprint density at radius 3 is 0.600 bits per heavy atom. The van der Waals surface area contributed by atoms with Gasteiger partial charge in [0.1, 0.15) is 0 Å². The van der Waals surface area contributed by atoms with Gasteiger partial charge in [-0.2, -0.15) is 0 Å². The monoisotopic (exact) mass is 338 g/mol. The smallest absolute Gasteiger partial charge is 2.00 e. The fourth-order valence-corrected chi connectivity index (χ4v) is 0. The minimum absolute atomic E-state index is 0. The first kappa shape index (κ1) is 51.7. The molecule has 0 saturated carbocycles. The van der Waals surface area contributed by atoms with Gasteiger partial charge in [-0.05, 0) is 0 Å². The van der Waals surface area contributed by atoms with Crippen molar-refractivity contribution in [3.63, 3.8) is 0 Å². The fraction of sp³-hybridized carbons (Fsp3) is 0. The van der Waals surface area contributed by atoms with Gasteiger partial charge in [-0.1, -0.05) is 0 Å². The van der Waals surface area contributed by atoms with Crippen molar-refractivity contribution in [2.45, 2.75) is 0 Å². The largest absolute Gasteiger partial charge is 3.00 e. The molecule has 5 heteroatoms. The molecule has 5 heavy (non-hydrogen) atoms. The molecule has 0 bridgehead atoms. The van der Waals surface area contributed by atoms with E-state index in [0.717, 1.165) is 0 Å². The SMILES string of the molecule is [Ni+2].[P-3].[P-3].[P-3].[Re]. The molecular formula is NiP3Re-7. The predicted octanol–water partition coefficient (Wildman–Crippen LogP) is 2.58. The van der Waals surface area contributed by atoms with E-state index >= 15 is 0 Å². The standard InChI is InChI=1S/Ni.3P.Re/q+2;3*-3;. The molecule has 0 aliphatic carbocycles. The normalized spacial score (nSPS) is 0. The maximum absolute atomic E-state index is 0. The number of rotatable bonds is 0. The molecule has 0 aromatic carbocycles. The number of hydrogen-bond acceptors (Lipinski definition) is 0. The Labute approximate surface area is 66.4 Å². The molecule has 0 aromatic rings. The summed E-state index contributed by atoms with van der Waals surface area (Å²) >= 11 is 0. The van der Waals surface area contributed by atoms with Crippen molar-refractivity contribution in [2.24, 2.45) is 0 Å². The van der Waals surface area contributed by atoms with Crippen LogP contribution in [0.15, 0.2) is 0 Å². The van der Waals surface area contributed by atoms with Crippen LogP contribution >= 0.6 is 29.7 Å². The molecule has 0 atom stereocenters. The summed E-state index contributed by atoms with van der Waals surface area (Å²) in [7, 11) is 0. The van der Waals surface area contributed by atoms with Crippen LogP contribution in [0.3, 0.4) is 0 Å². The van der Waals surface area contributed by atoms with Gasteiger partial charge < -0.3 is 29.7 Å². The third-order valence-electron chi connectivity index (χ3n) is 0. The predicted molar refractivity (Wildman–Crippen MR) is 20.8 cm³/mol. The van der Waals surface area contributed by atoms with Gasteiger partial charge >= 0.3 is 16.5 Å². The zero-order chi connectivity index (χ0) is 0. The first-order chi connectivity index (χ1) is 0. The van der Waals surface area contributed by atoms with Crippen LogP contribution in [0.2, 0.25) is 0 Å². The third kappa shape index (κ3) is 21.3. The Kier molecular flexibility index (Phi) is 331. The average Bonchev–Trinajstić information content (AvgIpc) is 0. The van der Waals surface area contributed by atoms with Gasteiger partial charge in [-0.25, -0.2) is 0 Å². The quantitative estimate of drug-likeness (QED) is 0.471. The van der Waals surface area contributed by atoms with Crippen molar-refractivity contribution in [1.82, 2.24) is 0 Å². The molecule has 0 rings (SSSR count). The zero-order valence-corrected chi connectivity index (χ0v) is 8.42. The van der Waals surface area contributed by atoms with Gasteiger partial charge in [-0.3, -0.25) is 0 Å². The Balaban J connectivity index is 0. The summed E-state index contributed by atoms with van der Waals surface area (Å²) in [6.45, 7) is 0. The van der Waals surface area contributed by atoms with Gasteiger partial charge in [0.2, 0.25) is 0 Å². The van der Waals surface area contributed by atoms with Crippen LogP contribution in [0.25, 0.3) is 0 Å². The summed E-state index contributed by atoms with van der Waals surface area (Å²) in [5, 5.41) is 0. The van der Waals surface area contributed by atoms with Crippen LogP contribution in [0.5, 0.6) is 0 Å².